The molecule has 0 aliphatic carbocycles. The van der Waals surface area contributed by atoms with Gasteiger partial charge in [0.05, 0.1) is 17.4 Å². The standard InChI is InChI=1S/C23H21N6O3S/c24-21(14-29(31)32)27-16-4-3-5-17(12-16)28-23(30)22-20(9-11-33-22)26-13-15-8-10-25-19-7-2-1-6-18(15)19/h1-12,14,26-27,31H,13,24H2,(H,28,30)/q-1/b21-14+. The van der Waals surface area contributed by atoms with Gasteiger partial charge < -0.3 is 32.1 Å². The fraction of sp³-hybridized carbons (Fsp3) is 0.0435. The van der Waals surface area contributed by atoms with Gasteiger partial charge in [0.1, 0.15) is 10.7 Å². The second-order valence-corrected chi connectivity index (χ2v) is 7.97. The van der Waals surface area contributed by atoms with Gasteiger partial charge in [-0.15, -0.1) is 11.3 Å². The summed E-state index contributed by atoms with van der Waals surface area (Å²) in [5.74, 6) is -0.307. The molecule has 4 aromatic rings. The lowest BCUT2D eigenvalue weighted by Crippen LogP contribution is -2.15. The Morgan fingerprint density at radius 1 is 1.12 bits per heavy atom. The summed E-state index contributed by atoms with van der Waals surface area (Å²) in [6.07, 6.45) is 2.56. The van der Waals surface area contributed by atoms with E-state index >= 15 is 0 Å². The Balaban J connectivity index is 1.44. The molecule has 6 N–H and O–H groups in total. The number of hydrogen-bond donors (Lipinski definition) is 5. The summed E-state index contributed by atoms with van der Waals surface area (Å²) in [6.45, 7) is 0.548. The van der Waals surface area contributed by atoms with E-state index in [1.807, 2.05) is 41.8 Å². The van der Waals surface area contributed by atoms with E-state index in [0.29, 0.717) is 22.8 Å². The van der Waals surface area contributed by atoms with Gasteiger partial charge in [-0.3, -0.25) is 15.0 Å². The van der Waals surface area contributed by atoms with Crippen molar-refractivity contribution in [3.8, 4) is 0 Å². The van der Waals surface area contributed by atoms with Crippen LogP contribution in [0.25, 0.3) is 10.9 Å². The number of fused-ring (bicyclic) bond motifs is 1. The normalized spacial score (nSPS) is 11.3. The van der Waals surface area contributed by atoms with Crippen LogP contribution in [0.4, 0.5) is 17.1 Å². The van der Waals surface area contributed by atoms with Crippen molar-refractivity contribution < 1.29 is 10.0 Å². The van der Waals surface area contributed by atoms with E-state index in [0.717, 1.165) is 28.4 Å². The molecule has 2 aromatic heterocycles. The highest BCUT2D eigenvalue weighted by Gasteiger charge is 2.14. The van der Waals surface area contributed by atoms with Crippen LogP contribution in [0.1, 0.15) is 15.2 Å². The van der Waals surface area contributed by atoms with Crippen LogP contribution in [0, 0.1) is 5.21 Å². The largest absolute Gasteiger partial charge is 0.734 e. The van der Waals surface area contributed by atoms with Crippen molar-refractivity contribution in [2.75, 3.05) is 16.0 Å². The lowest BCUT2D eigenvalue weighted by Gasteiger charge is -2.17. The van der Waals surface area contributed by atoms with Crippen molar-refractivity contribution in [2.45, 2.75) is 6.54 Å². The zero-order chi connectivity index (χ0) is 23.2. The van der Waals surface area contributed by atoms with E-state index in [1.165, 1.54) is 11.3 Å². The van der Waals surface area contributed by atoms with Crippen LogP contribution in [0.3, 0.4) is 0 Å². The zero-order valence-electron chi connectivity index (χ0n) is 17.4. The first-order chi connectivity index (χ1) is 16.0. The molecule has 0 aliphatic rings. The Kier molecular flexibility index (Phi) is 6.69. The molecule has 0 atom stereocenters. The molecule has 33 heavy (non-hydrogen) atoms. The van der Waals surface area contributed by atoms with Crippen LogP contribution in [-0.2, 0) is 6.54 Å². The molecular formula is C23H21N6O3S-. The van der Waals surface area contributed by atoms with Crippen molar-refractivity contribution in [2.24, 2.45) is 5.73 Å². The molecule has 10 heteroatoms. The topological polar surface area (TPSA) is 139 Å². The highest BCUT2D eigenvalue weighted by Crippen LogP contribution is 2.26. The maximum atomic E-state index is 12.9. The number of anilines is 3. The number of hydrogen-bond acceptors (Lipinski definition) is 9. The van der Waals surface area contributed by atoms with Gasteiger partial charge in [0.2, 0.25) is 0 Å². The number of aromatic nitrogens is 1. The number of amides is 1. The number of hydroxylamine groups is 2. The van der Waals surface area contributed by atoms with Crippen LogP contribution < -0.4 is 21.7 Å². The van der Waals surface area contributed by atoms with Gasteiger partial charge in [-0.05, 0) is 47.3 Å². The summed E-state index contributed by atoms with van der Waals surface area (Å²) in [5.41, 5.74) is 9.44. The predicted molar refractivity (Wildman–Crippen MR) is 131 cm³/mol. The number of para-hydroxylation sites is 1. The first-order valence-corrected chi connectivity index (χ1v) is 10.8. The summed E-state index contributed by atoms with van der Waals surface area (Å²) in [5, 5.41) is 30.8. The molecule has 4 rings (SSSR count). The molecule has 0 saturated carbocycles. The fourth-order valence-electron chi connectivity index (χ4n) is 3.30. The van der Waals surface area contributed by atoms with Crippen molar-refractivity contribution in [3.63, 3.8) is 0 Å². The number of nitrogens with one attached hydrogen (secondary N) is 3. The Labute approximate surface area is 193 Å². The molecule has 0 unspecified atom stereocenters. The van der Waals surface area contributed by atoms with Gasteiger partial charge in [0.25, 0.3) is 5.91 Å². The van der Waals surface area contributed by atoms with Crippen LogP contribution in [0.15, 0.2) is 84.3 Å². The first kappa shape index (κ1) is 22.1. The van der Waals surface area contributed by atoms with Crippen LogP contribution in [0.2, 0.25) is 0 Å². The molecule has 1 amide bonds. The highest BCUT2D eigenvalue weighted by molar-refractivity contribution is 7.12. The lowest BCUT2D eigenvalue weighted by atomic mass is 10.1. The molecule has 0 aliphatic heterocycles. The molecule has 2 aromatic carbocycles. The van der Waals surface area contributed by atoms with Gasteiger partial charge in [-0.25, -0.2) is 0 Å². The van der Waals surface area contributed by atoms with Gasteiger partial charge in [-0.1, -0.05) is 24.3 Å². The van der Waals surface area contributed by atoms with Gasteiger partial charge >= 0.3 is 0 Å². The minimum Gasteiger partial charge on any atom is -0.734 e. The number of benzene rings is 2. The Bertz CT molecular complexity index is 1300. The van der Waals surface area contributed by atoms with Crippen LogP contribution >= 0.6 is 11.3 Å². The first-order valence-electron chi connectivity index (χ1n) is 9.94. The molecule has 2 heterocycles. The second kappa shape index (κ2) is 10.0. The Morgan fingerprint density at radius 2 is 1.91 bits per heavy atom. The summed E-state index contributed by atoms with van der Waals surface area (Å²) in [4.78, 5) is 17.8. The lowest BCUT2D eigenvalue weighted by molar-refractivity contribution is 0.0109. The molecule has 0 bridgehead atoms. The summed E-state index contributed by atoms with van der Waals surface area (Å²) in [7, 11) is 0. The molecular weight excluding hydrogens is 440 g/mol. The summed E-state index contributed by atoms with van der Waals surface area (Å²) >= 11 is 1.34. The SMILES string of the molecule is N/C(=C\N([O-])O)Nc1cccc(NC(=O)c2sccc2NCc2ccnc3ccccc23)c1. The molecule has 0 fully saturated rings. The fourth-order valence-corrected chi connectivity index (χ4v) is 4.07. The molecule has 9 nitrogen and oxygen atoms in total. The molecule has 168 valence electrons. The van der Waals surface area contributed by atoms with E-state index in [-0.39, 0.29) is 11.7 Å². The number of nitrogens with two attached hydrogens (primary N) is 1. The number of pyridine rings is 1. The number of carbonyl (C=O) groups excluding carboxylic acids is 1. The van der Waals surface area contributed by atoms with Gasteiger partial charge in [-0.2, -0.15) is 0 Å². The third-order valence-corrected chi connectivity index (χ3v) is 5.65. The maximum Gasteiger partial charge on any atom is 0.267 e. The number of rotatable bonds is 8. The number of nitrogens with zero attached hydrogens (tertiary/aromatic N) is 2. The molecule has 0 radical (unpaired) electrons. The average molecular weight is 462 g/mol. The maximum absolute atomic E-state index is 12.9. The minimum atomic E-state index is -0.395. The predicted octanol–water partition coefficient (Wildman–Crippen LogP) is 4.52. The number of thiophene rings is 1. The number of carbonyl (C=O) groups is 1. The molecule has 0 saturated heterocycles. The van der Waals surface area contributed by atoms with E-state index in [9.17, 15) is 10.0 Å². The quantitative estimate of drug-likeness (QED) is 0.241. The van der Waals surface area contributed by atoms with Crippen LogP contribution in [-0.4, -0.2) is 21.3 Å². The minimum absolute atomic E-state index is 0.0515. The molecule has 0 spiro atoms. The van der Waals surface area contributed by atoms with Gasteiger partial charge in [0.15, 0.2) is 0 Å². The van der Waals surface area contributed by atoms with E-state index in [2.05, 4.69) is 20.9 Å². The Hall–Kier alpha value is -4.12. The Morgan fingerprint density at radius 3 is 2.73 bits per heavy atom. The third kappa shape index (κ3) is 5.57. The monoisotopic (exact) mass is 461 g/mol. The summed E-state index contributed by atoms with van der Waals surface area (Å²) in [6, 6.07) is 18.6. The average Bonchev–Trinajstić information content (AvgIpc) is 3.26. The summed E-state index contributed by atoms with van der Waals surface area (Å²) < 4.78 is 0. The highest BCUT2D eigenvalue weighted by atomic mass is 32.1. The van der Waals surface area contributed by atoms with Crippen molar-refractivity contribution >= 4 is 45.2 Å². The third-order valence-electron chi connectivity index (χ3n) is 4.74. The van der Waals surface area contributed by atoms with Crippen molar-refractivity contribution in [1.29, 1.82) is 0 Å². The second-order valence-electron chi connectivity index (χ2n) is 7.05. The van der Waals surface area contributed by atoms with Gasteiger partial charge in [0, 0.05) is 29.5 Å². The van der Waals surface area contributed by atoms with Crippen LogP contribution in [0.5, 0.6) is 0 Å². The van der Waals surface area contributed by atoms with E-state index < -0.39 is 5.23 Å². The van der Waals surface area contributed by atoms with Crippen molar-refractivity contribution in [1.82, 2.24) is 10.2 Å². The van der Waals surface area contributed by atoms with Crippen molar-refractivity contribution in [3.05, 3.63) is 99.9 Å². The smallest absolute Gasteiger partial charge is 0.267 e. The van der Waals surface area contributed by atoms with E-state index in [1.54, 1.807) is 30.5 Å². The zero-order valence-corrected chi connectivity index (χ0v) is 18.2. The van der Waals surface area contributed by atoms with E-state index in [4.69, 9.17) is 10.9 Å².